The van der Waals surface area contributed by atoms with Crippen molar-refractivity contribution < 1.29 is 19.8 Å². The molecule has 0 fully saturated rings. The molecule has 0 aliphatic heterocycles. The summed E-state index contributed by atoms with van der Waals surface area (Å²) < 4.78 is 0. The fraction of sp³-hybridized carbons (Fsp3) is 0.111. The van der Waals surface area contributed by atoms with Gasteiger partial charge in [0.15, 0.2) is 5.92 Å². The first kappa shape index (κ1) is 40.3. The maximum absolute atomic E-state index is 11.4. The zero-order valence-corrected chi connectivity index (χ0v) is 30.0. The number of likely N-dealkylation sites (N-methyl/N-ethyl adjacent to an activating group) is 1. The number of nitriles is 6. The molecule has 1 aliphatic rings. The number of hydrogen-bond donors (Lipinski definition) is 2. The van der Waals surface area contributed by atoms with Gasteiger partial charge in [-0.05, 0) is 90.6 Å². The third-order valence-electron chi connectivity index (χ3n) is 8.73. The SMILES string of the molecule is CCN(C1=C(/C=C/C=C(\C#N)C(=C(C#N)C#N)c2ccc(C(=O)O)cc2)CC\C1=C/C=C/C(C#N)=C(/c1ccc(C(=O)O)cc1)C(C#N)C#N)c1ccccc1. The van der Waals surface area contributed by atoms with Crippen LogP contribution < -0.4 is 4.90 Å². The lowest BCUT2D eigenvalue weighted by molar-refractivity contribution is 0.0686. The van der Waals surface area contributed by atoms with E-state index in [4.69, 9.17) is 0 Å². The topological polar surface area (TPSA) is 221 Å². The highest BCUT2D eigenvalue weighted by Crippen LogP contribution is 2.38. The van der Waals surface area contributed by atoms with E-state index >= 15 is 0 Å². The first-order valence-electron chi connectivity index (χ1n) is 17.0. The largest absolute Gasteiger partial charge is 0.478 e. The molecule has 0 amide bonds. The summed E-state index contributed by atoms with van der Waals surface area (Å²) in [4.78, 5) is 24.9. The van der Waals surface area contributed by atoms with Gasteiger partial charge in [-0.15, -0.1) is 0 Å². The zero-order valence-electron chi connectivity index (χ0n) is 30.0. The van der Waals surface area contributed by atoms with Crippen molar-refractivity contribution in [1.82, 2.24) is 0 Å². The van der Waals surface area contributed by atoms with Crippen LogP contribution >= 0.6 is 0 Å². The number of nitrogens with zero attached hydrogens (tertiary/aromatic N) is 7. The summed E-state index contributed by atoms with van der Waals surface area (Å²) in [7, 11) is 0. The maximum atomic E-state index is 11.4. The number of para-hydroxylation sites is 1. The summed E-state index contributed by atoms with van der Waals surface area (Å²) >= 11 is 0. The average molecular weight is 734 g/mol. The number of rotatable bonds is 13. The Balaban J connectivity index is 1.84. The molecule has 0 unspecified atom stereocenters. The maximum Gasteiger partial charge on any atom is 0.335 e. The molecule has 2 N–H and O–H groups in total. The molecule has 0 atom stereocenters. The summed E-state index contributed by atoms with van der Waals surface area (Å²) in [5.74, 6) is -3.59. The van der Waals surface area contributed by atoms with Gasteiger partial charge >= 0.3 is 11.9 Å². The highest BCUT2D eigenvalue weighted by molar-refractivity contribution is 5.92. The molecular formula is C45H31N7O4. The van der Waals surface area contributed by atoms with Crippen LogP contribution in [0.3, 0.4) is 0 Å². The second-order valence-electron chi connectivity index (χ2n) is 11.9. The molecule has 0 aromatic heterocycles. The van der Waals surface area contributed by atoms with Gasteiger partial charge in [-0.25, -0.2) is 9.59 Å². The van der Waals surface area contributed by atoms with Gasteiger partial charge in [0.05, 0.1) is 46.5 Å². The monoisotopic (exact) mass is 733 g/mol. The molecule has 0 radical (unpaired) electrons. The first-order chi connectivity index (χ1) is 27.1. The van der Waals surface area contributed by atoms with E-state index in [1.165, 1.54) is 60.7 Å². The van der Waals surface area contributed by atoms with Gasteiger partial charge in [-0.3, -0.25) is 0 Å². The van der Waals surface area contributed by atoms with Gasteiger partial charge in [-0.2, -0.15) is 31.6 Å². The van der Waals surface area contributed by atoms with Crippen LogP contribution in [0.1, 0.15) is 51.6 Å². The van der Waals surface area contributed by atoms with E-state index in [2.05, 4.69) is 17.0 Å². The minimum atomic E-state index is -1.30. The molecule has 0 heterocycles. The van der Waals surface area contributed by atoms with E-state index in [1.807, 2.05) is 73.7 Å². The quantitative estimate of drug-likeness (QED) is 0.125. The van der Waals surface area contributed by atoms with Crippen molar-refractivity contribution in [3.63, 3.8) is 0 Å². The molecule has 0 spiro atoms. The Morgan fingerprint density at radius 1 is 0.732 bits per heavy atom. The molecule has 56 heavy (non-hydrogen) atoms. The minimum Gasteiger partial charge on any atom is -0.478 e. The van der Waals surface area contributed by atoms with Crippen molar-refractivity contribution in [2.24, 2.45) is 5.92 Å². The fourth-order valence-electron chi connectivity index (χ4n) is 6.12. The molecule has 0 saturated carbocycles. The van der Waals surface area contributed by atoms with E-state index in [9.17, 15) is 51.4 Å². The molecule has 1 aliphatic carbocycles. The van der Waals surface area contributed by atoms with Gasteiger partial charge in [-0.1, -0.05) is 66.8 Å². The van der Waals surface area contributed by atoms with Gasteiger partial charge in [0.2, 0.25) is 0 Å². The number of benzene rings is 3. The smallest absolute Gasteiger partial charge is 0.335 e. The van der Waals surface area contributed by atoms with E-state index in [-0.39, 0.29) is 39.0 Å². The highest BCUT2D eigenvalue weighted by Gasteiger charge is 2.24. The number of anilines is 1. The summed E-state index contributed by atoms with van der Waals surface area (Å²) in [5, 5.41) is 77.9. The summed E-state index contributed by atoms with van der Waals surface area (Å²) in [6.45, 7) is 2.58. The van der Waals surface area contributed by atoms with Crippen LogP contribution in [0.15, 0.2) is 149 Å². The first-order valence-corrected chi connectivity index (χ1v) is 17.0. The standard InChI is InChI=1S/C45H31N7O4/c1-2-52(40-12-4-3-5-13-40)43-32(8-6-10-36(24-46)41(38(26-48)27-49)30-14-20-34(21-15-30)44(53)54)18-19-33(43)9-7-11-37(25-47)42(39(28-50)29-51)31-16-22-35(23-17-31)45(55)56/h3-17,20-23,38H,2,18-19H2,1H3,(H,53,54)(H,55,56)/b9-7+,10-6+,32-8+,37-11+,41-36+. The van der Waals surface area contributed by atoms with Crippen LogP contribution in [0, 0.1) is 73.9 Å². The van der Waals surface area contributed by atoms with Crippen LogP contribution in [0.2, 0.25) is 0 Å². The normalized spacial score (nSPS) is 13.6. The lowest BCUT2D eigenvalue weighted by atomic mass is 9.89. The van der Waals surface area contributed by atoms with Crippen LogP contribution in [0.5, 0.6) is 0 Å². The van der Waals surface area contributed by atoms with Crippen molar-refractivity contribution >= 4 is 28.8 Å². The Morgan fingerprint density at radius 2 is 1.30 bits per heavy atom. The predicted octanol–water partition coefficient (Wildman–Crippen LogP) is 8.59. The summed E-state index contributed by atoms with van der Waals surface area (Å²) in [6.07, 6.45) is 11.2. The van der Waals surface area contributed by atoms with Crippen molar-refractivity contribution in [1.29, 1.82) is 31.6 Å². The Kier molecular flexibility index (Phi) is 13.9. The number of aromatic carboxylic acids is 2. The Bertz CT molecular complexity index is 2480. The van der Waals surface area contributed by atoms with E-state index in [0.29, 0.717) is 30.5 Å². The molecule has 3 aromatic carbocycles. The number of carboxylic acid groups (broad SMARTS) is 2. The van der Waals surface area contributed by atoms with Crippen LogP contribution in [-0.2, 0) is 0 Å². The summed E-state index contributed by atoms with van der Waals surface area (Å²) in [5.41, 5.74) is 4.31. The van der Waals surface area contributed by atoms with Crippen molar-refractivity contribution in [2.75, 3.05) is 11.4 Å². The second kappa shape index (κ2) is 19.4. The molecule has 4 rings (SSSR count). The fourth-order valence-corrected chi connectivity index (χ4v) is 6.12. The number of hydrogen-bond acceptors (Lipinski definition) is 9. The van der Waals surface area contributed by atoms with Crippen LogP contribution in [0.4, 0.5) is 5.69 Å². The van der Waals surface area contributed by atoms with Crippen molar-refractivity contribution in [3.8, 4) is 36.4 Å². The average Bonchev–Trinajstić information content (AvgIpc) is 3.62. The Hall–Kier alpha value is -8.48. The van der Waals surface area contributed by atoms with Gasteiger partial charge in [0.25, 0.3) is 0 Å². The minimum absolute atomic E-state index is 0.00497. The third-order valence-corrected chi connectivity index (χ3v) is 8.73. The number of allylic oxidation sites excluding steroid dienone is 13. The van der Waals surface area contributed by atoms with Crippen molar-refractivity contribution in [3.05, 3.63) is 171 Å². The molecule has 0 bridgehead atoms. The molecule has 3 aromatic rings. The predicted molar refractivity (Wildman–Crippen MR) is 208 cm³/mol. The zero-order chi connectivity index (χ0) is 40.6. The van der Waals surface area contributed by atoms with Crippen molar-refractivity contribution in [2.45, 2.75) is 19.8 Å². The molecule has 270 valence electrons. The van der Waals surface area contributed by atoms with Crippen LogP contribution in [0.25, 0.3) is 11.1 Å². The van der Waals surface area contributed by atoms with E-state index < -0.39 is 17.9 Å². The highest BCUT2D eigenvalue weighted by atomic mass is 16.4. The number of carboxylic acids is 2. The van der Waals surface area contributed by atoms with E-state index in [0.717, 1.165) is 22.5 Å². The van der Waals surface area contributed by atoms with Gasteiger partial charge in [0, 0.05) is 29.1 Å². The molecule has 0 saturated heterocycles. The third kappa shape index (κ3) is 9.30. The molecular weight excluding hydrogens is 703 g/mol. The second-order valence-corrected chi connectivity index (χ2v) is 11.9. The molecule has 11 heteroatoms. The number of carbonyl (C=O) groups is 2. The summed E-state index contributed by atoms with van der Waals surface area (Å²) in [6, 6.07) is 32.5. The van der Waals surface area contributed by atoms with Gasteiger partial charge in [0.1, 0.15) is 17.7 Å². The van der Waals surface area contributed by atoms with E-state index in [1.54, 1.807) is 12.2 Å². The molecule has 11 nitrogen and oxygen atoms in total. The lowest BCUT2D eigenvalue weighted by Gasteiger charge is -2.27. The van der Waals surface area contributed by atoms with Gasteiger partial charge < -0.3 is 15.1 Å². The Labute approximate surface area is 324 Å². The Morgan fingerprint density at radius 3 is 1.80 bits per heavy atom. The lowest BCUT2D eigenvalue weighted by Crippen LogP contribution is -2.22. The van der Waals surface area contributed by atoms with Crippen LogP contribution in [-0.4, -0.2) is 28.7 Å².